The zero-order valence-electron chi connectivity index (χ0n) is 8.13. The van der Waals surface area contributed by atoms with E-state index in [1.807, 2.05) is 0 Å². The van der Waals surface area contributed by atoms with E-state index >= 15 is 0 Å². The first-order valence-electron chi connectivity index (χ1n) is 4.93. The molecule has 0 aromatic rings. The average Bonchev–Trinajstić information content (AvgIpc) is 2.01. The van der Waals surface area contributed by atoms with Gasteiger partial charge in [0.25, 0.3) is 6.43 Å². The largest absolute Gasteiger partial charge is 0.299 e. The fraction of sp³-hybridized carbons (Fsp3) is 0.800. The van der Waals surface area contributed by atoms with E-state index in [0.717, 1.165) is 19.3 Å². The van der Waals surface area contributed by atoms with Crippen molar-refractivity contribution in [2.24, 2.45) is 11.8 Å². The molecule has 0 amide bonds. The monoisotopic (exact) mass is 204 g/mol. The van der Waals surface area contributed by atoms with Crippen molar-refractivity contribution in [2.45, 2.75) is 39.0 Å². The molecule has 0 heterocycles. The van der Waals surface area contributed by atoms with Crippen LogP contribution in [0, 0.1) is 11.8 Å². The number of rotatable bonds is 5. The normalized spacial score (nSPS) is 19.1. The molecule has 0 saturated heterocycles. The summed E-state index contributed by atoms with van der Waals surface area (Å²) >= 11 is 0. The van der Waals surface area contributed by atoms with Gasteiger partial charge < -0.3 is 0 Å². The molecule has 1 aliphatic carbocycles. The predicted molar refractivity (Wildman–Crippen MR) is 47.1 cm³/mol. The van der Waals surface area contributed by atoms with Crippen molar-refractivity contribution < 1.29 is 18.4 Å². The van der Waals surface area contributed by atoms with Crippen LogP contribution in [0.4, 0.5) is 8.78 Å². The van der Waals surface area contributed by atoms with Gasteiger partial charge in [0.1, 0.15) is 5.78 Å². The molecule has 0 radical (unpaired) electrons. The fourth-order valence-electron chi connectivity index (χ4n) is 1.67. The van der Waals surface area contributed by atoms with E-state index in [4.69, 9.17) is 0 Å². The topological polar surface area (TPSA) is 34.1 Å². The van der Waals surface area contributed by atoms with Gasteiger partial charge in [-0.05, 0) is 19.3 Å². The summed E-state index contributed by atoms with van der Waals surface area (Å²) in [6.45, 7) is 1.60. The molecule has 1 aliphatic rings. The van der Waals surface area contributed by atoms with Crippen LogP contribution in [0.1, 0.15) is 32.6 Å². The number of hydrogen-bond donors (Lipinski definition) is 0. The van der Waals surface area contributed by atoms with E-state index in [9.17, 15) is 18.4 Å². The maximum atomic E-state index is 12.1. The summed E-state index contributed by atoms with van der Waals surface area (Å²) < 4.78 is 24.2. The zero-order valence-corrected chi connectivity index (χ0v) is 8.13. The number of carbonyl (C=O) groups is 2. The number of alkyl halides is 2. The Labute approximate surface area is 81.7 Å². The first-order chi connectivity index (χ1) is 6.57. The first kappa shape index (κ1) is 11.3. The Morgan fingerprint density at radius 2 is 1.93 bits per heavy atom. The second-order valence-corrected chi connectivity index (χ2v) is 3.69. The Morgan fingerprint density at radius 1 is 1.36 bits per heavy atom. The number of hydrogen-bond acceptors (Lipinski definition) is 2. The van der Waals surface area contributed by atoms with Gasteiger partial charge in [-0.3, -0.25) is 9.59 Å². The highest BCUT2D eigenvalue weighted by atomic mass is 19.3. The molecule has 1 fully saturated rings. The highest BCUT2D eigenvalue weighted by Crippen LogP contribution is 2.31. The SMILES string of the molecule is CCC(C(=O)C(F)F)C(=O)C1CCC1. The quantitative estimate of drug-likeness (QED) is 0.643. The second kappa shape index (κ2) is 4.62. The van der Waals surface area contributed by atoms with E-state index in [1.54, 1.807) is 6.92 Å². The van der Waals surface area contributed by atoms with Crippen LogP contribution in [0.15, 0.2) is 0 Å². The smallest absolute Gasteiger partial charge is 0.296 e. The third-order valence-electron chi connectivity index (χ3n) is 2.82. The maximum absolute atomic E-state index is 12.1. The van der Waals surface area contributed by atoms with Crippen molar-refractivity contribution >= 4 is 11.6 Å². The lowest BCUT2D eigenvalue weighted by Crippen LogP contribution is -2.35. The molecule has 80 valence electrons. The molecule has 1 atom stereocenters. The van der Waals surface area contributed by atoms with Crippen LogP contribution in [-0.4, -0.2) is 18.0 Å². The summed E-state index contributed by atoms with van der Waals surface area (Å²) in [4.78, 5) is 22.5. The molecule has 1 saturated carbocycles. The molecule has 0 bridgehead atoms. The minimum Gasteiger partial charge on any atom is -0.299 e. The summed E-state index contributed by atoms with van der Waals surface area (Å²) in [6.07, 6.45) is -0.338. The van der Waals surface area contributed by atoms with Crippen LogP contribution in [0.25, 0.3) is 0 Å². The standard InChI is InChI=1S/C10H14F2O2/c1-2-7(9(14)10(11)12)8(13)6-4-3-5-6/h6-7,10H,2-5H2,1H3. The number of ketones is 2. The Balaban J connectivity index is 2.60. The van der Waals surface area contributed by atoms with Crippen LogP contribution in [0.2, 0.25) is 0 Å². The summed E-state index contributed by atoms with van der Waals surface area (Å²) in [5.74, 6) is -2.68. The summed E-state index contributed by atoms with van der Waals surface area (Å²) in [5, 5.41) is 0. The summed E-state index contributed by atoms with van der Waals surface area (Å²) in [7, 11) is 0. The Bertz CT molecular complexity index is 234. The highest BCUT2D eigenvalue weighted by molar-refractivity contribution is 6.04. The average molecular weight is 204 g/mol. The lowest BCUT2D eigenvalue weighted by atomic mass is 9.76. The number of Topliss-reactive ketones (excluding diaryl/α,β-unsaturated/α-hetero) is 2. The third-order valence-corrected chi connectivity index (χ3v) is 2.82. The minimum atomic E-state index is -3.01. The summed E-state index contributed by atoms with van der Waals surface area (Å²) in [6, 6.07) is 0. The molecule has 0 spiro atoms. The molecule has 1 rings (SSSR count). The van der Waals surface area contributed by atoms with E-state index in [2.05, 4.69) is 0 Å². The number of carbonyl (C=O) groups excluding carboxylic acids is 2. The molecule has 14 heavy (non-hydrogen) atoms. The van der Waals surface area contributed by atoms with Crippen molar-refractivity contribution in [3.05, 3.63) is 0 Å². The van der Waals surface area contributed by atoms with Crippen molar-refractivity contribution in [2.75, 3.05) is 0 Å². The maximum Gasteiger partial charge on any atom is 0.296 e. The van der Waals surface area contributed by atoms with Crippen molar-refractivity contribution in [1.82, 2.24) is 0 Å². The summed E-state index contributed by atoms with van der Waals surface area (Å²) in [5.41, 5.74) is 0. The van der Waals surface area contributed by atoms with Crippen LogP contribution < -0.4 is 0 Å². The molecule has 4 heteroatoms. The van der Waals surface area contributed by atoms with Gasteiger partial charge in [-0.1, -0.05) is 13.3 Å². The molecular formula is C10H14F2O2. The Hall–Kier alpha value is -0.800. The molecular weight excluding hydrogens is 190 g/mol. The lowest BCUT2D eigenvalue weighted by molar-refractivity contribution is -0.143. The minimum absolute atomic E-state index is 0.136. The van der Waals surface area contributed by atoms with Crippen LogP contribution >= 0.6 is 0 Å². The Morgan fingerprint density at radius 3 is 2.21 bits per heavy atom. The van der Waals surface area contributed by atoms with E-state index in [0.29, 0.717) is 0 Å². The zero-order chi connectivity index (χ0) is 10.7. The van der Waals surface area contributed by atoms with Gasteiger partial charge >= 0.3 is 0 Å². The van der Waals surface area contributed by atoms with Gasteiger partial charge in [-0.2, -0.15) is 0 Å². The fourth-order valence-corrected chi connectivity index (χ4v) is 1.67. The van der Waals surface area contributed by atoms with Crippen LogP contribution in [0.3, 0.4) is 0 Å². The first-order valence-corrected chi connectivity index (χ1v) is 4.93. The van der Waals surface area contributed by atoms with Gasteiger partial charge in [0.2, 0.25) is 5.78 Å². The van der Waals surface area contributed by atoms with Gasteiger partial charge in [-0.15, -0.1) is 0 Å². The highest BCUT2D eigenvalue weighted by Gasteiger charge is 2.37. The molecule has 0 aromatic carbocycles. The molecule has 2 nitrogen and oxygen atoms in total. The molecule has 1 unspecified atom stereocenters. The molecule has 0 aliphatic heterocycles. The predicted octanol–water partition coefficient (Wildman–Crippen LogP) is 2.22. The van der Waals surface area contributed by atoms with Gasteiger partial charge in [0.15, 0.2) is 0 Å². The number of halogens is 2. The van der Waals surface area contributed by atoms with Gasteiger partial charge in [0, 0.05) is 5.92 Å². The van der Waals surface area contributed by atoms with Gasteiger partial charge in [-0.25, -0.2) is 8.78 Å². The van der Waals surface area contributed by atoms with E-state index in [-0.39, 0.29) is 18.1 Å². The van der Waals surface area contributed by atoms with E-state index in [1.165, 1.54) is 0 Å². The van der Waals surface area contributed by atoms with Crippen molar-refractivity contribution in [3.63, 3.8) is 0 Å². The molecule has 0 N–H and O–H groups in total. The second-order valence-electron chi connectivity index (χ2n) is 3.69. The van der Waals surface area contributed by atoms with Crippen LogP contribution in [0.5, 0.6) is 0 Å². The van der Waals surface area contributed by atoms with Crippen LogP contribution in [-0.2, 0) is 9.59 Å². The van der Waals surface area contributed by atoms with Crippen molar-refractivity contribution in [3.8, 4) is 0 Å². The third kappa shape index (κ3) is 2.16. The Kier molecular flexibility index (Phi) is 3.72. The van der Waals surface area contributed by atoms with E-state index < -0.39 is 18.1 Å². The lowest BCUT2D eigenvalue weighted by Gasteiger charge is -2.27. The van der Waals surface area contributed by atoms with Crippen molar-refractivity contribution in [1.29, 1.82) is 0 Å². The van der Waals surface area contributed by atoms with Gasteiger partial charge in [0.05, 0.1) is 5.92 Å². The molecule has 0 aromatic heterocycles.